The zero-order valence-corrected chi connectivity index (χ0v) is 15.4. The predicted molar refractivity (Wildman–Crippen MR) is 96.8 cm³/mol. The molecule has 25 heavy (non-hydrogen) atoms. The summed E-state index contributed by atoms with van der Waals surface area (Å²) in [6.45, 7) is 4.04. The fraction of sp³-hybridized carbons (Fsp3) is 0.222. The topological polar surface area (TPSA) is 67.4 Å². The van der Waals surface area contributed by atoms with Crippen LogP contribution in [0.2, 0.25) is 0 Å². The molecule has 2 rings (SSSR count). The van der Waals surface area contributed by atoms with Crippen LogP contribution in [-0.4, -0.2) is 17.9 Å². The van der Waals surface area contributed by atoms with E-state index in [0.29, 0.717) is 4.47 Å². The molecule has 0 radical (unpaired) electrons. The van der Waals surface area contributed by atoms with Gasteiger partial charge in [0, 0.05) is 11.0 Å². The van der Waals surface area contributed by atoms with E-state index in [4.69, 9.17) is 4.74 Å². The molecule has 0 aliphatic carbocycles. The minimum absolute atomic E-state index is 0.0569. The molecule has 0 heterocycles. The SMILES string of the molecule is CC(C)Oc1ccc(CNC(=O)C(=O)Nc2ccc(Br)cc2F)cc1. The monoisotopic (exact) mass is 408 g/mol. The van der Waals surface area contributed by atoms with Crippen LogP contribution < -0.4 is 15.4 Å². The number of nitrogens with one attached hydrogen (secondary N) is 2. The molecule has 2 amide bonds. The highest BCUT2D eigenvalue weighted by molar-refractivity contribution is 9.10. The maximum Gasteiger partial charge on any atom is 0.313 e. The maximum atomic E-state index is 13.7. The molecule has 0 saturated heterocycles. The Balaban J connectivity index is 1.87. The van der Waals surface area contributed by atoms with Crippen molar-refractivity contribution in [2.24, 2.45) is 0 Å². The van der Waals surface area contributed by atoms with Crippen LogP contribution in [0.15, 0.2) is 46.9 Å². The lowest BCUT2D eigenvalue weighted by atomic mass is 10.2. The Hall–Kier alpha value is -2.41. The molecule has 132 valence electrons. The molecule has 0 saturated carbocycles. The number of carbonyl (C=O) groups excluding carboxylic acids is 2. The van der Waals surface area contributed by atoms with Gasteiger partial charge in [-0.3, -0.25) is 9.59 Å². The number of benzene rings is 2. The van der Waals surface area contributed by atoms with E-state index in [2.05, 4.69) is 26.6 Å². The predicted octanol–water partition coefficient (Wildman–Crippen LogP) is 3.63. The minimum Gasteiger partial charge on any atom is -0.491 e. The molecule has 0 spiro atoms. The third kappa shape index (κ3) is 5.86. The van der Waals surface area contributed by atoms with Gasteiger partial charge in [0.25, 0.3) is 0 Å². The van der Waals surface area contributed by atoms with Crippen LogP contribution in [0, 0.1) is 5.82 Å². The highest BCUT2D eigenvalue weighted by Crippen LogP contribution is 2.19. The van der Waals surface area contributed by atoms with Gasteiger partial charge in [-0.15, -0.1) is 0 Å². The average molecular weight is 409 g/mol. The highest BCUT2D eigenvalue weighted by atomic mass is 79.9. The summed E-state index contributed by atoms with van der Waals surface area (Å²) in [5, 5.41) is 4.72. The molecule has 0 bridgehead atoms. The van der Waals surface area contributed by atoms with Crippen LogP contribution in [0.4, 0.5) is 10.1 Å². The number of halogens is 2. The first-order valence-electron chi connectivity index (χ1n) is 7.65. The van der Waals surface area contributed by atoms with Crippen molar-refractivity contribution in [3.05, 3.63) is 58.3 Å². The summed E-state index contributed by atoms with van der Waals surface area (Å²) in [7, 11) is 0. The Morgan fingerprint density at radius 1 is 1.12 bits per heavy atom. The molecule has 0 fully saturated rings. The first-order valence-corrected chi connectivity index (χ1v) is 8.44. The van der Waals surface area contributed by atoms with Crippen LogP contribution in [0.5, 0.6) is 5.75 Å². The van der Waals surface area contributed by atoms with Gasteiger partial charge in [-0.05, 0) is 49.7 Å². The van der Waals surface area contributed by atoms with E-state index in [1.807, 2.05) is 13.8 Å². The Bertz CT molecular complexity index is 763. The minimum atomic E-state index is -0.930. The third-order valence-electron chi connectivity index (χ3n) is 3.13. The number of hydrogen-bond donors (Lipinski definition) is 2. The number of amides is 2. The summed E-state index contributed by atoms with van der Waals surface area (Å²) >= 11 is 3.12. The number of hydrogen-bond acceptors (Lipinski definition) is 3. The number of carbonyl (C=O) groups is 2. The summed E-state index contributed by atoms with van der Waals surface area (Å²) in [4.78, 5) is 23.7. The summed E-state index contributed by atoms with van der Waals surface area (Å²) in [5.41, 5.74) is 0.755. The van der Waals surface area contributed by atoms with Crippen LogP contribution in [0.25, 0.3) is 0 Å². The zero-order valence-electron chi connectivity index (χ0n) is 13.8. The van der Waals surface area contributed by atoms with Gasteiger partial charge in [-0.1, -0.05) is 28.1 Å². The molecule has 0 atom stereocenters. The lowest BCUT2D eigenvalue weighted by Gasteiger charge is -2.10. The van der Waals surface area contributed by atoms with Crippen molar-refractivity contribution in [3.8, 4) is 5.75 Å². The number of rotatable bonds is 5. The summed E-state index contributed by atoms with van der Waals surface area (Å²) in [6.07, 6.45) is 0.0771. The van der Waals surface area contributed by atoms with Gasteiger partial charge >= 0.3 is 11.8 Å². The van der Waals surface area contributed by atoms with Crippen molar-refractivity contribution in [1.82, 2.24) is 5.32 Å². The molecule has 7 heteroatoms. The normalized spacial score (nSPS) is 10.4. The second kappa shape index (κ2) is 8.62. The average Bonchev–Trinajstić information content (AvgIpc) is 2.56. The van der Waals surface area contributed by atoms with Crippen molar-refractivity contribution in [3.63, 3.8) is 0 Å². The van der Waals surface area contributed by atoms with Gasteiger partial charge in [-0.25, -0.2) is 4.39 Å². The number of ether oxygens (including phenoxy) is 1. The Kier molecular flexibility index (Phi) is 6.52. The fourth-order valence-corrected chi connectivity index (χ4v) is 2.32. The first kappa shape index (κ1) is 18.9. The maximum absolute atomic E-state index is 13.7. The molecule has 0 aromatic heterocycles. The molecule has 2 N–H and O–H groups in total. The van der Waals surface area contributed by atoms with E-state index in [1.165, 1.54) is 12.1 Å². The summed E-state index contributed by atoms with van der Waals surface area (Å²) in [6, 6.07) is 11.3. The standard InChI is InChI=1S/C18H18BrFN2O3/c1-11(2)25-14-6-3-12(4-7-14)10-21-17(23)18(24)22-16-8-5-13(19)9-15(16)20/h3-9,11H,10H2,1-2H3,(H,21,23)(H,22,24). The van der Waals surface area contributed by atoms with E-state index >= 15 is 0 Å². The molecule has 2 aromatic carbocycles. The van der Waals surface area contributed by atoms with Crippen LogP contribution in [-0.2, 0) is 16.1 Å². The summed E-state index contributed by atoms with van der Waals surface area (Å²) in [5.74, 6) is -1.67. The van der Waals surface area contributed by atoms with Gasteiger partial charge in [-0.2, -0.15) is 0 Å². The Morgan fingerprint density at radius 3 is 2.40 bits per heavy atom. The molecule has 0 unspecified atom stereocenters. The van der Waals surface area contributed by atoms with Crippen LogP contribution >= 0.6 is 15.9 Å². The van der Waals surface area contributed by atoms with E-state index in [0.717, 1.165) is 11.3 Å². The molecular formula is C18H18BrFN2O3. The van der Waals surface area contributed by atoms with Crippen molar-refractivity contribution in [2.45, 2.75) is 26.5 Å². The van der Waals surface area contributed by atoms with Crippen LogP contribution in [0.1, 0.15) is 19.4 Å². The van der Waals surface area contributed by atoms with Crippen molar-refractivity contribution in [2.75, 3.05) is 5.32 Å². The lowest BCUT2D eigenvalue weighted by Crippen LogP contribution is -2.35. The molecular weight excluding hydrogens is 391 g/mol. The number of anilines is 1. The molecule has 2 aromatic rings. The van der Waals surface area contributed by atoms with Gasteiger partial charge in [0.05, 0.1) is 11.8 Å². The Morgan fingerprint density at radius 2 is 1.80 bits per heavy atom. The molecule has 0 aliphatic heterocycles. The van der Waals surface area contributed by atoms with Gasteiger partial charge < -0.3 is 15.4 Å². The smallest absolute Gasteiger partial charge is 0.313 e. The highest BCUT2D eigenvalue weighted by Gasteiger charge is 2.15. The van der Waals surface area contributed by atoms with Gasteiger partial charge in [0.15, 0.2) is 0 Å². The van der Waals surface area contributed by atoms with Gasteiger partial charge in [0.1, 0.15) is 11.6 Å². The van der Waals surface area contributed by atoms with Crippen molar-refractivity contribution >= 4 is 33.4 Å². The zero-order chi connectivity index (χ0) is 18.4. The lowest BCUT2D eigenvalue weighted by molar-refractivity contribution is -0.136. The molecule has 0 aliphatic rings. The second-order valence-corrected chi connectivity index (χ2v) is 6.49. The van der Waals surface area contributed by atoms with Crippen molar-refractivity contribution in [1.29, 1.82) is 0 Å². The van der Waals surface area contributed by atoms with E-state index in [1.54, 1.807) is 30.3 Å². The quantitative estimate of drug-likeness (QED) is 0.742. The van der Waals surface area contributed by atoms with Gasteiger partial charge in [0.2, 0.25) is 0 Å². The largest absolute Gasteiger partial charge is 0.491 e. The fourth-order valence-electron chi connectivity index (χ4n) is 1.99. The summed E-state index contributed by atoms with van der Waals surface area (Å²) < 4.78 is 19.7. The molecule has 5 nitrogen and oxygen atoms in total. The Labute approximate surface area is 153 Å². The second-order valence-electron chi connectivity index (χ2n) is 5.57. The van der Waals surface area contributed by atoms with E-state index in [-0.39, 0.29) is 18.3 Å². The first-order chi connectivity index (χ1) is 11.8. The van der Waals surface area contributed by atoms with Crippen molar-refractivity contribution < 1.29 is 18.7 Å². The third-order valence-corrected chi connectivity index (χ3v) is 3.63. The van der Waals surface area contributed by atoms with E-state index in [9.17, 15) is 14.0 Å². The van der Waals surface area contributed by atoms with Crippen LogP contribution in [0.3, 0.4) is 0 Å². The van der Waals surface area contributed by atoms with E-state index < -0.39 is 17.6 Å².